The molecule has 0 saturated heterocycles. The van der Waals surface area contributed by atoms with Gasteiger partial charge < -0.3 is 25.8 Å². The Hall–Kier alpha value is -0.960. The van der Waals surface area contributed by atoms with Gasteiger partial charge in [-0.3, -0.25) is 4.79 Å². The van der Waals surface area contributed by atoms with E-state index >= 15 is 0 Å². The second-order valence-electron chi connectivity index (χ2n) is 4.26. The maximum Gasteiger partial charge on any atom is 0.263 e. The summed E-state index contributed by atoms with van der Waals surface area (Å²) < 4.78 is 10.4. The number of carbonyl (C=O) groups is 1. The fourth-order valence-corrected chi connectivity index (χ4v) is 3.72. The van der Waals surface area contributed by atoms with Crippen LogP contribution in [0, 0.1) is 0 Å². The minimum Gasteiger partial charge on any atom is -0.396 e. The Morgan fingerprint density at radius 2 is 2.19 bits per heavy atom. The Labute approximate surface area is 133 Å². The van der Waals surface area contributed by atoms with Crippen molar-refractivity contribution in [3.63, 3.8) is 0 Å². The van der Waals surface area contributed by atoms with Crippen LogP contribution in [-0.4, -0.2) is 52.2 Å². The molecule has 1 heterocycles. The normalized spacial score (nSPS) is 12.2. The molecule has 21 heavy (non-hydrogen) atoms. The number of hydrogen-bond acceptors (Lipinski definition) is 7. The van der Waals surface area contributed by atoms with Crippen LogP contribution < -0.4 is 16.4 Å². The van der Waals surface area contributed by atoms with Gasteiger partial charge in [0.05, 0.1) is 23.3 Å². The predicted molar refractivity (Wildman–Crippen MR) is 89.7 cm³/mol. The van der Waals surface area contributed by atoms with E-state index in [0.29, 0.717) is 30.3 Å². The molecule has 0 aliphatic rings. The topological polar surface area (TPSA) is 85.6 Å². The zero-order chi connectivity index (χ0) is 15.8. The number of ether oxygens (including phenoxy) is 2. The van der Waals surface area contributed by atoms with E-state index in [4.69, 9.17) is 15.2 Å². The smallest absolute Gasteiger partial charge is 0.263 e. The second-order valence-corrected chi connectivity index (χ2v) is 6.10. The zero-order valence-electron chi connectivity index (χ0n) is 12.8. The highest BCUT2D eigenvalue weighted by Gasteiger charge is 2.20. The first kappa shape index (κ1) is 18.1. The fourth-order valence-electron chi connectivity index (χ4n) is 1.76. The van der Waals surface area contributed by atoms with Crippen LogP contribution in [0.1, 0.15) is 16.6 Å². The van der Waals surface area contributed by atoms with Crippen LogP contribution in [0.4, 0.5) is 10.7 Å². The molecule has 0 bridgehead atoms. The Bertz CT molecular complexity index is 466. The third kappa shape index (κ3) is 4.77. The molecule has 1 unspecified atom stereocenters. The van der Waals surface area contributed by atoms with E-state index in [1.807, 2.05) is 13.2 Å². The van der Waals surface area contributed by atoms with Crippen molar-refractivity contribution in [3.8, 4) is 0 Å². The van der Waals surface area contributed by atoms with Crippen molar-refractivity contribution < 1.29 is 14.3 Å². The molecule has 1 rings (SSSR count). The summed E-state index contributed by atoms with van der Waals surface area (Å²) in [4.78, 5) is 13.4. The maximum atomic E-state index is 12.0. The van der Waals surface area contributed by atoms with Crippen molar-refractivity contribution in [3.05, 3.63) is 4.88 Å². The molecule has 4 N–H and O–H groups in total. The molecule has 120 valence electrons. The maximum absolute atomic E-state index is 12.0. The largest absolute Gasteiger partial charge is 0.396 e. The van der Waals surface area contributed by atoms with E-state index in [0.717, 1.165) is 9.90 Å². The highest BCUT2D eigenvalue weighted by atomic mass is 32.2. The summed E-state index contributed by atoms with van der Waals surface area (Å²) in [5.74, 6) is -0.136. The van der Waals surface area contributed by atoms with Crippen LogP contribution in [-0.2, 0) is 9.47 Å². The molecule has 1 amide bonds. The summed E-state index contributed by atoms with van der Waals surface area (Å²) >= 11 is 2.89. The average molecular weight is 333 g/mol. The number of amides is 1. The van der Waals surface area contributed by atoms with Crippen molar-refractivity contribution in [1.29, 1.82) is 0 Å². The number of methoxy groups -OCH3 is 2. The molecule has 1 aromatic heterocycles. The van der Waals surface area contributed by atoms with Crippen LogP contribution in [0.25, 0.3) is 0 Å². The van der Waals surface area contributed by atoms with Gasteiger partial charge in [-0.15, -0.1) is 23.1 Å². The van der Waals surface area contributed by atoms with Gasteiger partial charge in [0.2, 0.25) is 0 Å². The molecule has 6 nitrogen and oxygen atoms in total. The van der Waals surface area contributed by atoms with E-state index in [2.05, 4.69) is 10.6 Å². The summed E-state index contributed by atoms with van der Waals surface area (Å²) in [6, 6.07) is 0. The summed E-state index contributed by atoms with van der Waals surface area (Å²) in [7, 11) is 3.28. The molecule has 0 aliphatic carbocycles. The van der Waals surface area contributed by atoms with Crippen molar-refractivity contribution in [1.82, 2.24) is 5.32 Å². The third-order valence-corrected chi connectivity index (χ3v) is 4.95. The molecule has 0 radical (unpaired) electrons. The lowest BCUT2D eigenvalue weighted by Crippen LogP contribution is -2.26. The molecule has 0 aromatic carbocycles. The first-order chi connectivity index (χ1) is 10.1. The van der Waals surface area contributed by atoms with Crippen molar-refractivity contribution in [2.75, 3.05) is 51.2 Å². The van der Waals surface area contributed by atoms with Crippen molar-refractivity contribution in [2.24, 2.45) is 0 Å². The van der Waals surface area contributed by atoms with E-state index in [-0.39, 0.29) is 12.0 Å². The summed E-state index contributed by atoms with van der Waals surface area (Å²) in [5, 5.41) is 6.95. The molecule has 8 heteroatoms. The van der Waals surface area contributed by atoms with Gasteiger partial charge in [-0.25, -0.2) is 0 Å². The van der Waals surface area contributed by atoms with E-state index in [1.165, 1.54) is 23.1 Å². The molecule has 0 saturated carbocycles. The number of rotatable bonds is 9. The molecule has 0 fully saturated rings. The van der Waals surface area contributed by atoms with Gasteiger partial charge in [0.25, 0.3) is 5.91 Å². The Kier molecular flexibility index (Phi) is 7.87. The number of thioether (sulfide) groups is 1. The lowest BCUT2D eigenvalue weighted by molar-refractivity contribution is 0.0366. The molecular weight excluding hydrogens is 310 g/mol. The minimum absolute atomic E-state index is 0.0547. The number of anilines is 2. The van der Waals surface area contributed by atoms with Crippen LogP contribution in [0.2, 0.25) is 0 Å². The second kappa shape index (κ2) is 9.14. The summed E-state index contributed by atoms with van der Waals surface area (Å²) in [6.45, 7) is 3.55. The highest BCUT2D eigenvalue weighted by Crippen LogP contribution is 2.41. The SMILES string of the molecule is CCNC(=O)c1sc(NCC(COC)OC)c(SC)c1N. The van der Waals surface area contributed by atoms with E-state index < -0.39 is 0 Å². The minimum atomic E-state index is -0.136. The summed E-state index contributed by atoms with van der Waals surface area (Å²) in [5.41, 5.74) is 6.61. The number of nitrogens with two attached hydrogens (primary N) is 1. The molecule has 1 atom stereocenters. The lowest BCUT2D eigenvalue weighted by Gasteiger charge is -2.15. The van der Waals surface area contributed by atoms with Gasteiger partial charge in [0, 0.05) is 27.3 Å². The van der Waals surface area contributed by atoms with Gasteiger partial charge in [-0.05, 0) is 13.2 Å². The Morgan fingerprint density at radius 3 is 2.71 bits per heavy atom. The van der Waals surface area contributed by atoms with Gasteiger partial charge >= 0.3 is 0 Å². The molecule has 1 aromatic rings. The first-order valence-corrected chi connectivity index (χ1v) is 8.63. The number of nitrogens with one attached hydrogen (secondary N) is 2. The average Bonchev–Trinajstić information content (AvgIpc) is 2.79. The molecule has 0 aliphatic heterocycles. The first-order valence-electron chi connectivity index (χ1n) is 6.59. The monoisotopic (exact) mass is 333 g/mol. The zero-order valence-corrected chi connectivity index (χ0v) is 14.5. The fraction of sp³-hybridized carbons (Fsp3) is 0.615. The quantitative estimate of drug-likeness (QED) is 0.598. The Balaban J connectivity index is 2.86. The van der Waals surface area contributed by atoms with Crippen LogP contribution in [0.3, 0.4) is 0 Å². The van der Waals surface area contributed by atoms with Gasteiger partial charge in [0.15, 0.2) is 0 Å². The van der Waals surface area contributed by atoms with Crippen molar-refractivity contribution in [2.45, 2.75) is 17.9 Å². The lowest BCUT2D eigenvalue weighted by atomic mass is 10.3. The number of thiophene rings is 1. The van der Waals surface area contributed by atoms with E-state index in [1.54, 1.807) is 14.2 Å². The van der Waals surface area contributed by atoms with Crippen molar-refractivity contribution >= 4 is 39.7 Å². The van der Waals surface area contributed by atoms with Gasteiger partial charge in [-0.2, -0.15) is 0 Å². The number of hydrogen-bond donors (Lipinski definition) is 3. The third-order valence-electron chi connectivity index (χ3n) is 2.82. The van der Waals surface area contributed by atoms with Gasteiger partial charge in [0.1, 0.15) is 9.88 Å². The van der Waals surface area contributed by atoms with Crippen LogP contribution in [0.15, 0.2) is 4.90 Å². The molecular formula is C13H23N3O3S2. The van der Waals surface area contributed by atoms with E-state index in [9.17, 15) is 4.79 Å². The van der Waals surface area contributed by atoms with Crippen LogP contribution >= 0.6 is 23.1 Å². The highest BCUT2D eigenvalue weighted by molar-refractivity contribution is 7.99. The standard InChI is InChI=1S/C13H23N3O3S2/c1-5-15-12(17)10-9(14)11(20-4)13(21-10)16-6-8(19-3)7-18-2/h8,16H,5-7,14H2,1-4H3,(H,15,17). The Morgan fingerprint density at radius 1 is 1.48 bits per heavy atom. The predicted octanol–water partition coefficient (Wildman–Crippen LogP) is 1.88. The van der Waals surface area contributed by atoms with Crippen LogP contribution in [0.5, 0.6) is 0 Å². The number of nitrogen functional groups attached to an aromatic ring is 1. The number of carbonyl (C=O) groups excluding carboxylic acids is 1. The van der Waals surface area contributed by atoms with Gasteiger partial charge in [-0.1, -0.05) is 0 Å². The summed E-state index contributed by atoms with van der Waals surface area (Å²) in [6.07, 6.45) is 1.88. The molecule has 0 spiro atoms.